The van der Waals surface area contributed by atoms with Gasteiger partial charge in [0.15, 0.2) is 0 Å². The number of hydrogen-bond acceptors (Lipinski definition) is 4. The van der Waals surface area contributed by atoms with Crippen LogP contribution >= 0.6 is 0 Å². The van der Waals surface area contributed by atoms with Gasteiger partial charge in [-0.05, 0) is 43.0 Å². The molecule has 0 atom stereocenters. The Labute approximate surface area is 198 Å². The van der Waals surface area contributed by atoms with Gasteiger partial charge in [0.1, 0.15) is 0 Å². The fourth-order valence-electron chi connectivity index (χ4n) is 3.52. The van der Waals surface area contributed by atoms with Crippen molar-refractivity contribution in [3.05, 3.63) is 60.2 Å². The van der Waals surface area contributed by atoms with Crippen molar-refractivity contribution in [3.63, 3.8) is 0 Å². The van der Waals surface area contributed by atoms with Gasteiger partial charge in [-0.25, -0.2) is 0 Å². The SMILES string of the molecule is CN(CCCC(=O)O)CNC(=O)CCCCCCCOCc1ccc(-c2ccccc2)cc1. The van der Waals surface area contributed by atoms with Crippen molar-refractivity contribution in [1.29, 1.82) is 0 Å². The maximum absolute atomic E-state index is 11.9. The van der Waals surface area contributed by atoms with Gasteiger partial charge in [0.2, 0.25) is 5.91 Å². The smallest absolute Gasteiger partial charge is 0.303 e. The molecule has 2 aromatic rings. The molecular weight excluding hydrogens is 416 g/mol. The summed E-state index contributed by atoms with van der Waals surface area (Å²) in [6, 6.07) is 18.9. The Balaban J connectivity index is 1.42. The van der Waals surface area contributed by atoms with Crippen LogP contribution in [0.3, 0.4) is 0 Å². The van der Waals surface area contributed by atoms with E-state index in [0.717, 1.165) is 38.7 Å². The average Bonchev–Trinajstić information content (AvgIpc) is 2.82. The number of amides is 1. The van der Waals surface area contributed by atoms with Crippen LogP contribution in [0.15, 0.2) is 54.6 Å². The highest BCUT2D eigenvalue weighted by Gasteiger charge is 2.05. The van der Waals surface area contributed by atoms with Crippen LogP contribution < -0.4 is 5.32 Å². The number of hydrogen-bond donors (Lipinski definition) is 2. The topological polar surface area (TPSA) is 78.9 Å². The number of benzene rings is 2. The van der Waals surface area contributed by atoms with Crippen molar-refractivity contribution in [2.24, 2.45) is 0 Å². The third-order valence-corrected chi connectivity index (χ3v) is 5.50. The number of rotatable bonds is 17. The number of carbonyl (C=O) groups is 2. The Hall–Kier alpha value is -2.70. The zero-order valence-corrected chi connectivity index (χ0v) is 19.8. The minimum absolute atomic E-state index is 0.0571. The van der Waals surface area contributed by atoms with Crippen LogP contribution in [0.5, 0.6) is 0 Å². The first-order chi connectivity index (χ1) is 16.0. The molecule has 0 spiro atoms. The highest BCUT2D eigenvalue weighted by molar-refractivity contribution is 5.75. The number of aliphatic carboxylic acids is 1. The van der Waals surface area contributed by atoms with Crippen molar-refractivity contribution in [2.75, 3.05) is 26.9 Å². The molecule has 0 bridgehead atoms. The summed E-state index contributed by atoms with van der Waals surface area (Å²) in [5.74, 6) is -0.727. The fraction of sp³-hybridized carbons (Fsp3) is 0.481. The van der Waals surface area contributed by atoms with Gasteiger partial charge in [-0.2, -0.15) is 0 Å². The molecule has 0 aromatic heterocycles. The van der Waals surface area contributed by atoms with Crippen molar-refractivity contribution in [2.45, 2.75) is 58.0 Å². The summed E-state index contributed by atoms with van der Waals surface area (Å²) < 4.78 is 5.80. The van der Waals surface area contributed by atoms with Crippen LogP contribution in [-0.2, 0) is 20.9 Å². The summed E-state index contributed by atoms with van der Waals surface area (Å²) in [5.41, 5.74) is 3.63. The molecule has 33 heavy (non-hydrogen) atoms. The summed E-state index contributed by atoms with van der Waals surface area (Å²) in [6.07, 6.45) is 6.48. The summed E-state index contributed by atoms with van der Waals surface area (Å²) in [4.78, 5) is 24.3. The first-order valence-corrected chi connectivity index (χ1v) is 11.9. The van der Waals surface area contributed by atoms with Crippen LogP contribution in [0.1, 0.15) is 56.9 Å². The molecule has 6 heteroatoms. The molecule has 0 unspecified atom stereocenters. The van der Waals surface area contributed by atoms with Gasteiger partial charge in [-0.1, -0.05) is 73.9 Å². The third kappa shape index (κ3) is 12.2. The second-order valence-electron chi connectivity index (χ2n) is 8.47. The van der Waals surface area contributed by atoms with E-state index < -0.39 is 5.97 Å². The number of carboxylic acid groups (broad SMARTS) is 1. The van der Waals surface area contributed by atoms with Gasteiger partial charge in [-0.15, -0.1) is 0 Å². The van der Waals surface area contributed by atoms with Gasteiger partial charge in [0.25, 0.3) is 0 Å². The lowest BCUT2D eigenvalue weighted by molar-refractivity contribution is -0.137. The van der Waals surface area contributed by atoms with E-state index in [9.17, 15) is 9.59 Å². The van der Waals surface area contributed by atoms with Crippen molar-refractivity contribution in [3.8, 4) is 11.1 Å². The molecule has 0 heterocycles. The minimum atomic E-state index is -0.784. The zero-order valence-electron chi connectivity index (χ0n) is 19.8. The van der Waals surface area contributed by atoms with Crippen LogP contribution in [-0.4, -0.2) is 48.8 Å². The monoisotopic (exact) mass is 454 g/mol. The van der Waals surface area contributed by atoms with Crippen molar-refractivity contribution in [1.82, 2.24) is 10.2 Å². The summed E-state index contributed by atoms with van der Waals surface area (Å²) >= 11 is 0. The molecule has 0 aliphatic heterocycles. The van der Waals surface area contributed by atoms with E-state index in [1.807, 2.05) is 18.0 Å². The molecule has 2 aromatic carbocycles. The molecule has 0 radical (unpaired) electrons. The lowest BCUT2D eigenvalue weighted by Crippen LogP contribution is -2.35. The predicted octanol–water partition coefficient (Wildman–Crippen LogP) is 5.08. The Morgan fingerprint density at radius 2 is 1.52 bits per heavy atom. The summed E-state index contributed by atoms with van der Waals surface area (Å²) in [7, 11) is 1.88. The van der Waals surface area contributed by atoms with Crippen LogP contribution in [0.25, 0.3) is 11.1 Å². The molecule has 0 fully saturated rings. The predicted molar refractivity (Wildman–Crippen MR) is 132 cm³/mol. The molecule has 6 nitrogen and oxygen atoms in total. The highest BCUT2D eigenvalue weighted by Crippen LogP contribution is 2.19. The van der Waals surface area contributed by atoms with E-state index >= 15 is 0 Å². The number of ether oxygens (including phenoxy) is 1. The lowest BCUT2D eigenvalue weighted by Gasteiger charge is -2.16. The van der Waals surface area contributed by atoms with Crippen molar-refractivity contribution < 1.29 is 19.4 Å². The van der Waals surface area contributed by atoms with Crippen molar-refractivity contribution >= 4 is 11.9 Å². The minimum Gasteiger partial charge on any atom is -0.481 e. The van der Waals surface area contributed by atoms with Crippen LogP contribution in [0.4, 0.5) is 0 Å². The Morgan fingerprint density at radius 1 is 0.848 bits per heavy atom. The summed E-state index contributed by atoms with van der Waals surface area (Å²) in [6.45, 7) is 2.52. The number of carboxylic acids is 1. The van der Waals surface area contributed by atoms with E-state index in [0.29, 0.717) is 32.7 Å². The van der Waals surface area contributed by atoms with Gasteiger partial charge in [-0.3, -0.25) is 14.5 Å². The molecule has 0 aliphatic carbocycles. The number of nitrogens with zero attached hydrogens (tertiary/aromatic N) is 1. The standard InChI is InChI=1S/C27H38N2O4/c1-29(19-10-14-27(31)32)22-28-26(30)13-8-3-2-4-9-20-33-21-23-15-17-25(18-16-23)24-11-6-5-7-12-24/h5-7,11-12,15-18H,2-4,8-10,13-14,19-22H2,1H3,(H,28,30)(H,31,32). The van der Waals surface area contributed by atoms with Crippen LogP contribution in [0.2, 0.25) is 0 Å². The quantitative estimate of drug-likeness (QED) is 0.257. The highest BCUT2D eigenvalue weighted by atomic mass is 16.5. The van der Waals surface area contributed by atoms with E-state index in [1.165, 1.54) is 16.7 Å². The Kier molecular flexibility index (Phi) is 12.9. The molecule has 0 aliphatic rings. The first kappa shape index (κ1) is 26.6. The molecule has 2 N–H and O–H groups in total. The molecule has 0 saturated heterocycles. The van der Waals surface area contributed by atoms with Gasteiger partial charge >= 0.3 is 5.97 Å². The van der Waals surface area contributed by atoms with E-state index in [1.54, 1.807) is 0 Å². The molecule has 180 valence electrons. The zero-order chi connectivity index (χ0) is 23.7. The molecule has 0 saturated carbocycles. The van der Waals surface area contributed by atoms with Gasteiger partial charge in [0.05, 0.1) is 13.3 Å². The molecule has 1 amide bonds. The van der Waals surface area contributed by atoms with Crippen LogP contribution in [0, 0.1) is 0 Å². The second-order valence-corrected chi connectivity index (χ2v) is 8.47. The van der Waals surface area contributed by atoms with E-state index in [4.69, 9.17) is 9.84 Å². The largest absolute Gasteiger partial charge is 0.481 e. The average molecular weight is 455 g/mol. The fourth-order valence-corrected chi connectivity index (χ4v) is 3.52. The van der Waals surface area contributed by atoms with E-state index in [2.05, 4.69) is 53.8 Å². The summed E-state index contributed by atoms with van der Waals surface area (Å²) in [5, 5.41) is 11.5. The molecule has 2 rings (SSSR count). The van der Waals surface area contributed by atoms with Gasteiger partial charge in [0, 0.05) is 26.0 Å². The third-order valence-electron chi connectivity index (χ3n) is 5.50. The second kappa shape index (κ2) is 16.0. The normalized spacial score (nSPS) is 11.0. The van der Waals surface area contributed by atoms with Gasteiger partial charge < -0.3 is 15.2 Å². The number of carbonyl (C=O) groups excluding carboxylic acids is 1. The lowest BCUT2D eigenvalue weighted by atomic mass is 10.0. The number of nitrogens with one attached hydrogen (secondary N) is 1. The Morgan fingerprint density at radius 3 is 2.24 bits per heavy atom. The maximum atomic E-state index is 11.9. The molecular formula is C27H38N2O4. The number of unbranched alkanes of at least 4 members (excludes halogenated alkanes) is 4. The van der Waals surface area contributed by atoms with E-state index in [-0.39, 0.29) is 12.3 Å². The first-order valence-electron chi connectivity index (χ1n) is 11.9. The maximum Gasteiger partial charge on any atom is 0.303 e. The Bertz CT molecular complexity index is 809.